The van der Waals surface area contributed by atoms with E-state index in [1.807, 2.05) is 30.6 Å². The minimum absolute atomic E-state index is 0.0847. The van der Waals surface area contributed by atoms with E-state index in [0.717, 1.165) is 58.2 Å². The summed E-state index contributed by atoms with van der Waals surface area (Å²) in [7, 11) is 0. The van der Waals surface area contributed by atoms with Gasteiger partial charge in [0.05, 0.1) is 37.3 Å². The molecule has 0 saturated carbocycles. The summed E-state index contributed by atoms with van der Waals surface area (Å²) < 4.78 is 58.2. The summed E-state index contributed by atoms with van der Waals surface area (Å²) in [6.45, 7) is 14.1. The summed E-state index contributed by atoms with van der Waals surface area (Å²) in [5.41, 5.74) is 0.383. The van der Waals surface area contributed by atoms with Crippen molar-refractivity contribution in [3.05, 3.63) is 47.3 Å². The zero-order valence-corrected chi connectivity index (χ0v) is 27.2. The summed E-state index contributed by atoms with van der Waals surface area (Å²) in [4.78, 5) is 28.7. The molecule has 0 unspecified atom stereocenters. The molecule has 0 bridgehead atoms. The highest BCUT2D eigenvalue weighted by Crippen LogP contribution is 2.35. The van der Waals surface area contributed by atoms with Gasteiger partial charge in [-0.1, -0.05) is 31.9 Å². The molecule has 12 heteroatoms. The molecule has 4 rings (SSSR count). The number of ether oxygens (including phenoxy) is 3. The van der Waals surface area contributed by atoms with Crippen molar-refractivity contribution in [3.8, 4) is 5.75 Å². The number of anilines is 1. The van der Waals surface area contributed by atoms with Crippen LogP contribution in [0.1, 0.15) is 76.5 Å². The van der Waals surface area contributed by atoms with E-state index in [9.17, 15) is 18.0 Å². The van der Waals surface area contributed by atoms with Crippen molar-refractivity contribution in [2.45, 2.75) is 104 Å². The highest BCUT2D eigenvalue weighted by molar-refractivity contribution is 5.69. The van der Waals surface area contributed by atoms with Crippen LogP contribution in [0.2, 0.25) is 0 Å². The van der Waals surface area contributed by atoms with Gasteiger partial charge >= 0.3 is 12.3 Å². The molecule has 0 aliphatic carbocycles. The van der Waals surface area contributed by atoms with E-state index in [-0.39, 0.29) is 36.9 Å². The van der Waals surface area contributed by atoms with Gasteiger partial charge in [-0.15, -0.1) is 0 Å². The van der Waals surface area contributed by atoms with E-state index in [1.165, 1.54) is 6.07 Å². The van der Waals surface area contributed by atoms with Crippen LogP contribution in [0.5, 0.6) is 5.75 Å². The molecule has 1 aromatic heterocycles. The first-order chi connectivity index (χ1) is 21.5. The molecule has 2 aromatic rings. The summed E-state index contributed by atoms with van der Waals surface area (Å²) in [6.07, 6.45) is 1.86. The number of aromatic nitrogens is 2. The Balaban J connectivity index is 1.61. The second kappa shape index (κ2) is 15.9. The van der Waals surface area contributed by atoms with Crippen LogP contribution >= 0.6 is 0 Å². The number of rotatable bonds is 12. The molecule has 1 amide bonds. The number of piperidine rings is 1. The van der Waals surface area contributed by atoms with Gasteiger partial charge in [-0.2, -0.15) is 13.2 Å². The zero-order valence-electron chi connectivity index (χ0n) is 27.2. The van der Waals surface area contributed by atoms with Gasteiger partial charge in [0.1, 0.15) is 6.61 Å². The molecule has 1 aromatic carbocycles. The average Bonchev–Trinajstić information content (AvgIpc) is 2.99. The molecular formula is C33H48F3N5O4. The summed E-state index contributed by atoms with van der Waals surface area (Å²) in [5.74, 6) is 0.947. The first-order valence-electron chi connectivity index (χ1n) is 16.2. The Kier molecular flexibility index (Phi) is 12.3. The Morgan fingerprint density at radius 2 is 1.78 bits per heavy atom. The number of morpholine rings is 1. The minimum atomic E-state index is -4.45. The SMILES string of the molecule is CCC[C@H]1C[C@@H](N(Cc2cc(C)cc(C(F)(F)F)c2)c2ncc(OCCN3CCOCC3)cn2)C[C@@H](CC)N1C(=O)OC(C)C. The van der Waals surface area contributed by atoms with Gasteiger partial charge in [0.25, 0.3) is 0 Å². The lowest BCUT2D eigenvalue weighted by atomic mass is 9.87. The van der Waals surface area contributed by atoms with Gasteiger partial charge in [-0.05, 0) is 64.2 Å². The highest BCUT2D eigenvalue weighted by Gasteiger charge is 2.41. The second-order valence-electron chi connectivity index (χ2n) is 12.3. The summed E-state index contributed by atoms with van der Waals surface area (Å²) in [6, 6.07) is 3.85. The number of hydrogen-bond acceptors (Lipinski definition) is 8. The molecule has 45 heavy (non-hydrogen) atoms. The van der Waals surface area contributed by atoms with Crippen molar-refractivity contribution in [3.63, 3.8) is 0 Å². The fraction of sp³-hybridized carbons (Fsp3) is 0.667. The third-order valence-electron chi connectivity index (χ3n) is 8.43. The van der Waals surface area contributed by atoms with Gasteiger partial charge in [-0.3, -0.25) is 4.90 Å². The van der Waals surface area contributed by atoms with Crippen LogP contribution in [0, 0.1) is 6.92 Å². The molecule has 0 radical (unpaired) electrons. The molecule has 250 valence electrons. The molecular weight excluding hydrogens is 587 g/mol. The van der Waals surface area contributed by atoms with E-state index in [4.69, 9.17) is 14.2 Å². The molecule has 3 heterocycles. The predicted molar refractivity (Wildman–Crippen MR) is 166 cm³/mol. The zero-order chi connectivity index (χ0) is 32.6. The normalized spacial score (nSPS) is 21.2. The van der Waals surface area contributed by atoms with Crippen LogP contribution in [0.3, 0.4) is 0 Å². The number of aryl methyl sites for hydroxylation is 1. The van der Waals surface area contributed by atoms with Crippen molar-refractivity contribution in [2.75, 3.05) is 44.4 Å². The number of carbonyl (C=O) groups is 1. The van der Waals surface area contributed by atoms with Gasteiger partial charge in [-0.25, -0.2) is 14.8 Å². The van der Waals surface area contributed by atoms with Gasteiger partial charge in [0.2, 0.25) is 5.95 Å². The Morgan fingerprint density at radius 1 is 1.09 bits per heavy atom. The van der Waals surface area contributed by atoms with Crippen molar-refractivity contribution in [1.29, 1.82) is 0 Å². The molecule has 2 aliphatic heterocycles. The van der Waals surface area contributed by atoms with Crippen molar-refractivity contribution in [1.82, 2.24) is 19.8 Å². The minimum Gasteiger partial charge on any atom is -0.489 e. The summed E-state index contributed by atoms with van der Waals surface area (Å²) >= 11 is 0. The van der Waals surface area contributed by atoms with Crippen LogP contribution in [0.4, 0.5) is 23.9 Å². The lowest BCUT2D eigenvalue weighted by Gasteiger charge is -2.47. The standard InChI is InChI=1S/C33H48F3N5O4/c1-6-8-28-19-29(18-27(7-2)41(28)32(42)45-23(3)4)40(22-25-15-24(5)16-26(17-25)33(34,35)36)31-37-20-30(21-38-31)44-14-11-39-9-12-43-13-10-39/h15-17,20-21,23,27-29H,6-14,18-19,22H2,1-5H3/t27-,28+,29+/m1/s1. The van der Waals surface area contributed by atoms with E-state index in [2.05, 4.69) is 21.8 Å². The van der Waals surface area contributed by atoms with Crippen LogP contribution in [0.15, 0.2) is 30.6 Å². The molecule has 9 nitrogen and oxygen atoms in total. The first-order valence-corrected chi connectivity index (χ1v) is 16.2. The van der Waals surface area contributed by atoms with Gasteiger partial charge in [0, 0.05) is 44.3 Å². The number of nitrogens with zero attached hydrogens (tertiary/aromatic N) is 5. The smallest absolute Gasteiger partial charge is 0.416 e. The maximum Gasteiger partial charge on any atom is 0.416 e. The molecule has 3 atom stereocenters. The Hall–Kier alpha value is -3.12. The van der Waals surface area contributed by atoms with Gasteiger partial charge < -0.3 is 24.0 Å². The van der Waals surface area contributed by atoms with Crippen molar-refractivity contribution in [2.24, 2.45) is 0 Å². The number of hydrogen-bond donors (Lipinski definition) is 0. The lowest BCUT2D eigenvalue weighted by Crippen LogP contribution is -2.57. The quantitative estimate of drug-likeness (QED) is 0.262. The lowest BCUT2D eigenvalue weighted by molar-refractivity contribution is -0.137. The molecule has 2 saturated heterocycles. The Labute approximate surface area is 265 Å². The third-order valence-corrected chi connectivity index (χ3v) is 8.43. The maximum absolute atomic E-state index is 13.8. The molecule has 2 aliphatic rings. The van der Waals surface area contributed by atoms with Crippen LogP contribution < -0.4 is 9.64 Å². The number of carbonyl (C=O) groups excluding carboxylic acids is 1. The molecule has 0 N–H and O–H groups in total. The number of benzene rings is 1. The third kappa shape index (κ3) is 9.68. The van der Waals surface area contributed by atoms with E-state index in [1.54, 1.807) is 25.4 Å². The van der Waals surface area contributed by atoms with Crippen LogP contribution in [0.25, 0.3) is 0 Å². The van der Waals surface area contributed by atoms with E-state index < -0.39 is 11.7 Å². The summed E-state index contributed by atoms with van der Waals surface area (Å²) in [5, 5.41) is 0. The van der Waals surface area contributed by atoms with E-state index >= 15 is 0 Å². The topological polar surface area (TPSA) is 80.3 Å². The first kappa shape index (κ1) is 34.7. The molecule has 2 fully saturated rings. The molecule has 0 spiro atoms. The number of alkyl halides is 3. The van der Waals surface area contributed by atoms with Crippen molar-refractivity contribution < 1.29 is 32.2 Å². The second-order valence-corrected chi connectivity index (χ2v) is 12.3. The number of amides is 1. The predicted octanol–water partition coefficient (Wildman–Crippen LogP) is 6.48. The number of likely N-dealkylation sites (tertiary alicyclic amines) is 1. The largest absolute Gasteiger partial charge is 0.489 e. The number of halogens is 3. The Bertz CT molecular complexity index is 1220. The maximum atomic E-state index is 13.8. The van der Waals surface area contributed by atoms with Crippen LogP contribution in [-0.2, 0) is 22.2 Å². The Morgan fingerprint density at radius 3 is 2.40 bits per heavy atom. The van der Waals surface area contributed by atoms with Gasteiger partial charge in [0.15, 0.2) is 5.75 Å². The highest BCUT2D eigenvalue weighted by atomic mass is 19.4. The van der Waals surface area contributed by atoms with E-state index in [0.29, 0.717) is 42.3 Å². The fourth-order valence-corrected chi connectivity index (χ4v) is 6.35. The van der Waals surface area contributed by atoms with Crippen LogP contribution in [-0.4, -0.2) is 89.5 Å². The monoisotopic (exact) mass is 635 g/mol. The van der Waals surface area contributed by atoms with Crippen molar-refractivity contribution >= 4 is 12.0 Å². The fourth-order valence-electron chi connectivity index (χ4n) is 6.35. The average molecular weight is 636 g/mol.